The van der Waals surface area contributed by atoms with E-state index in [0.717, 1.165) is 24.3 Å². The van der Waals surface area contributed by atoms with Crippen molar-refractivity contribution >= 4 is 17.7 Å². The summed E-state index contributed by atoms with van der Waals surface area (Å²) in [5, 5.41) is 12.0. The van der Waals surface area contributed by atoms with Crippen LogP contribution in [0.15, 0.2) is 35.9 Å². The summed E-state index contributed by atoms with van der Waals surface area (Å²) in [4.78, 5) is 11.8. The molecule has 0 bridgehead atoms. The molecule has 0 aromatic heterocycles. The van der Waals surface area contributed by atoms with Crippen LogP contribution in [0.3, 0.4) is 0 Å². The minimum Gasteiger partial charge on any atom is -0.392 e. The molecule has 0 fully saturated rings. The molecule has 0 spiro atoms. The zero-order valence-corrected chi connectivity index (χ0v) is 13.8. The van der Waals surface area contributed by atoms with Crippen LogP contribution in [0, 0.1) is 0 Å². The van der Waals surface area contributed by atoms with E-state index in [4.69, 9.17) is 5.11 Å². The molecular formula is C18H25NO2S. The number of amides is 1. The highest BCUT2D eigenvalue weighted by Crippen LogP contribution is 2.19. The second kappa shape index (κ2) is 9.70. The van der Waals surface area contributed by atoms with Crippen LogP contribution in [0.4, 0.5) is 0 Å². The monoisotopic (exact) mass is 319 g/mol. The minimum absolute atomic E-state index is 0.0757. The molecule has 120 valence electrons. The molecule has 1 aromatic rings. The predicted octanol–water partition coefficient (Wildman–Crippen LogP) is 3.42. The summed E-state index contributed by atoms with van der Waals surface area (Å²) in [6.07, 6.45) is 8.35. The largest absolute Gasteiger partial charge is 0.392 e. The fourth-order valence-electron chi connectivity index (χ4n) is 2.55. The lowest BCUT2D eigenvalue weighted by atomic mass is 9.97. The molecule has 0 atom stereocenters. The van der Waals surface area contributed by atoms with E-state index in [1.807, 2.05) is 24.3 Å². The van der Waals surface area contributed by atoms with Crippen molar-refractivity contribution in [2.24, 2.45) is 0 Å². The lowest BCUT2D eigenvalue weighted by Gasteiger charge is -2.12. The first kappa shape index (κ1) is 17.1. The Balaban J connectivity index is 1.57. The molecule has 0 saturated heterocycles. The highest BCUT2D eigenvalue weighted by atomic mass is 32.2. The number of hydrogen-bond donors (Lipinski definition) is 2. The first-order chi connectivity index (χ1) is 10.8. The molecule has 0 radical (unpaired) electrons. The van der Waals surface area contributed by atoms with Gasteiger partial charge in [-0.1, -0.05) is 35.9 Å². The van der Waals surface area contributed by atoms with Crippen LogP contribution in [-0.2, 0) is 17.2 Å². The summed E-state index contributed by atoms with van der Waals surface area (Å²) < 4.78 is 0. The van der Waals surface area contributed by atoms with E-state index in [1.165, 1.54) is 36.8 Å². The van der Waals surface area contributed by atoms with Crippen molar-refractivity contribution in [2.75, 3.05) is 12.3 Å². The van der Waals surface area contributed by atoms with Crippen LogP contribution in [0.5, 0.6) is 0 Å². The average Bonchev–Trinajstić information content (AvgIpc) is 2.56. The van der Waals surface area contributed by atoms with Gasteiger partial charge in [-0.3, -0.25) is 4.79 Å². The fraction of sp³-hybridized carbons (Fsp3) is 0.500. The van der Waals surface area contributed by atoms with Gasteiger partial charge in [0.05, 0.1) is 12.4 Å². The summed E-state index contributed by atoms with van der Waals surface area (Å²) >= 11 is 1.62. The van der Waals surface area contributed by atoms with Gasteiger partial charge in [0.15, 0.2) is 0 Å². The Morgan fingerprint density at radius 1 is 1.18 bits per heavy atom. The van der Waals surface area contributed by atoms with Crippen LogP contribution in [-0.4, -0.2) is 23.3 Å². The van der Waals surface area contributed by atoms with Gasteiger partial charge >= 0.3 is 0 Å². The Kier molecular flexibility index (Phi) is 7.54. The van der Waals surface area contributed by atoms with Crippen molar-refractivity contribution in [1.82, 2.24) is 5.32 Å². The first-order valence-corrected chi connectivity index (χ1v) is 9.14. The SMILES string of the molecule is O=C(CSCc1ccc(CO)cc1)NCCC1=CCCCC1. The van der Waals surface area contributed by atoms with Crippen molar-refractivity contribution in [3.05, 3.63) is 47.0 Å². The minimum atomic E-state index is 0.0757. The number of allylic oxidation sites excluding steroid dienone is 1. The van der Waals surface area contributed by atoms with Crippen molar-refractivity contribution in [3.63, 3.8) is 0 Å². The highest BCUT2D eigenvalue weighted by molar-refractivity contribution is 7.99. The lowest BCUT2D eigenvalue weighted by Crippen LogP contribution is -2.26. The van der Waals surface area contributed by atoms with Crippen molar-refractivity contribution < 1.29 is 9.90 Å². The second-order valence-corrected chi connectivity index (χ2v) is 6.66. The predicted molar refractivity (Wildman–Crippen MR) is 92.7 cm³/mol. The van der Waals surface area contributed by atoms with Gasteiger partial charge in [0.2, 0.25) is 5.91 Å². The molecule has 4 heteroatoms. The van der Waals surface area contributed by atoms with Gasteiger partial charge in [-0.25, -0.2) is 0 Å². The summed E-state index contributed by atoms with van der Waals surface area (Å²) in [6, 6.07) is 7.86. The van der Waals surface area contributed by atoms with Gasteiger partial charge < -0.3 is 10.4 Å². The van der Waals surface area contributed by atoms with Gasteiger partial charge in [0.1, 0.15) is 0 Å². The molecule has 0 aliphatic heterocycles. The van der Waals surface area contributed by atoms with Crippen molar-refractivity contribution in [2.45, 2.75) is 44.5 Å². The summed E-state index contributed by atoms with van der Waals surface area (Å²) in [7, 11) is 0. The maximum absolute atomic E-state index is 11.8. The van der Waals surface area contributed by atoms with Crippen molar-refractivity contribution in [1.29, 1.82) is 0 Å². The molecule has 1 aliphatic rings. The maximum atomic E-state index is 11.8. The summed E-state index contributed by atoms with van der Waals surface area (Å²) in [6.45, 7) is 0.836. The molecule has 22 heavy (non-hydrogen) atoms. The Morgan fingerprint density at radius 2 is 1.95 bits per heavy atom. The molecular weight excluding hydrogens is 294 g/mol. The third-order valence-electron chi connectivity index (χ3n) is 3.86. The fourth-order valence-corrected chi connectivity index (χ4v) is 3.37. The van der Waals surface area contributed by atoms with Gasteiger partial charge in [0, 0.05) is 12.3 Å². The van der Waals surface area contributed by atoms with E-state index >= 15 is 0 Å². The van der Waals surface area contributed by atoms with Gasteiger partial charge in [-0.05, 0) is 43.2 Å². The number of hydrogen-bond acceptors (Lipinski definition) is 3. The topological polar surface area (TPSA) is 49.3 Å². The molecule has 1 aliphatic carbocycles. The molecule has 3 nitrogen and oxygen atoms in total. The molecule has 2 N–H and O–H groups in total. The number of aliphatic hydroxyl groups is 1. The Morgan fingerprint density at radius 3 is 2.64 bits per heavy atom. The first-order valence-electron chi connectivity index (χ1n) is 7.99. The summed E-state index contributed by atoms with van der Waals surface area (Å²) in [5.74, 6) is 1.44. The van der Waals surface area contributed by atoms with Crippen LogP contribution in [0.1, 0.15) is 43.2 Å². The number of carbonyl (C=O) groups excluding carboxylic acids is 1. The van der Waals surface area contributed by atoms with Crippen molar-refractivity contribution in [3.8, 4) is 0 Å². The normalized spacial score (nSPS) is 14.5. The van der Waals surface area contributed by atoms with Crippen LogP contribution in [0.2, 0.25) is 0 Å². The Bertz CT molecular complexity index is 496. The third kappa shape index (κ3) is 6.24. The van der Waals surface area contributed by atoms with E-state index in [9.17, 15) is 4.79 Å². The molecule has 0 unspecified atom stereocenters. The smallest absolute Gasteiger partial charge is 0.230 e. The highest BCUT2D eigenvalue weighted by Gasteiger charge is 2.05. The summed E-state index contributed by atoms with van der Waals surface area (Å²) in [5.41, 5.74) is 3.61. The van der Waals surface area contributed by atoms with Gasteiger partial charge in [-0.15, -0.1) is 11.8 Å². The van der Waals surface area contributed by atoms with Crippen LogP contribution in [0.25, 0.3) is 0 Å². The van der Waals surface area contributed by atoms with E-state index in [-0.39, 0.29) is 12.5 Å². The number of rotatable bonds is 8. The Labute approximate surface area is 137 Å². The number of carbonyl (C=O) groups is 1. The van der Waals surface area contributed by atoms with E-state index in [2.05, 4.69) is 11.4 Å². The molecule has 0 heterocycles. The Hall–Kier alpha value is -1.26. The quantitative estimate of drug-likeness (QED) is 0.722. The van der Waals surface area contributed by atoms with E-state index in [1.54, 1.807) is 11.8 Å². The molecule has 1 amide bonds. The van der Waals surface area contributed by atoms with Gasteiger partial charge in [-0.2, -0.15) is 0 Å². The third-order valence-corrected chi connectivity index (χ3v) is 4.86. The molecule has 0 saturated carbocycles. The maximum Gasteiger partial charge on any atom is 0.230 e. The second-order valence-electron chi connectivity index (χ2n) is 5.68. The van der Waals surface area contributed by atoms with Crippen LogP contribution < -0.4 is 5.32 Å². The zero-order chi connectivity index (χ0) is 15.6. The van der Waals surface area contributed by atoms with E-state index < -0.39 is 0 Å². The zero-order valence-electron chi connectivity index (χ0n) is 13.0. The molecule has 2 rings (SSSR count). The number of nitrogens with one attached hydrogen (secondary N) is 1. The number of thioether (sulfide) groups is 1. The number of benzene rings is 1. The molecule has 1 aromatic carbocycles. The standard InChI is InChI=1S/C18H25NO2S/c20-12-16-6-8-17(9-7-16)13-22-14-18(21)19-11-10-15-4-2-1-3-5-15/h4,6-9,20H,1-3,5,10-14H2,(H,19,21). The van der Waals surface area contributed by atoms with E-state index in [0.29, 0.717) is 5.75 Å². The lowest BCUT2D eigenvalue weighted by molar-refractivity contribution is -0.118. The average molecular weight is 319 g/mol. The van der Waals surface area contributed by atoms with Gasteiger partial charge in [0.25, 0.3) is 0 Å². The number of aliphatic hydroxyl groups excluding tert-OH is 1. The van der Waals surface area contributed by atoms with Crippen LogP contribution >= 0.6 is 11.8 Å².